The van der Waals surface area contributed by atoms with Gasteiger partial charge >= 0.3 is 0 Å². The molecule has 16 heavy (non-hydrogen) atoms. The number of hydrogen-bond acceptors (Lipinski definition) is 3. The summed E-state index contributed by atoms with van der Waals surface area (Å²) in [5, 5.41) is 9.64. The topological polar surface area (TPSA) is 66.0 Å². The third kappa shape index (κ3) is 1.84. The number of nitrogens with one attached hydrogen (secondary N) is 1. The first kappa shape index (κ1) is 10.8. The third-order valence-corrected chi connectivity index (χ3v) is 2.42. The van der Waals surface area contributed by atoms with Crippen molar-refractivity contribution in [2.24, 2.45) is 0 Å². The largest absolute Gasteiger partial charge is 0.382 e. The monoisotopic (exact) mass is 218 g/mol. The molecule has 4 nitrogen and oxygen atoms in total. The Labute approximate surface area is 93.3 Å². The Hall–Kier alpha value is -1.68. The highest BCUT2D eigenvalue weighted by Crippen LogP contribution is 2.17. The standard InChI is InChI=1S/C12H14N2O2/c1-7-13-9-5-4-8(6-10(9)14-7)11(15)12(2,3)16/h4-6,16H,1-3H3,(H,13,14). The summed E-state index contributed by atoms with van der Waals surface area (Å²) in [6.45, 7) is 4.83. The minimum atomic E-state index is -1.34. The van der Waals surface area contributed by atoms with Crippen molar-refractivity contribution in [2.75, 3.05) is 0 Å². The van der Waals surface area contributed by atoms with E-state index in [1.54, 1.807) is 18.2 Å². The molecule has 0 bridgehead atoms. The second kappa shape index (κ2) is 3.42. The second-order valence-corrected chi connectivity index (χ2v) is 4.44. The Bertz CT molecular complexity index is 550. The number of benzene rings is 1. The maximum Gasteiger partial charge on any atom is 0.193 e. The van der Waals surface area contributed by atoms with E-state index in [1.807, 2.05) is 6.92 Å². The molecule has 84 valence electrons. The van der Waals surface area contributed by atoms with Crippen molar-refractivity contribution < 1.29 is 9.90 Å². The van der Waals surface area contributed by atoms with Gasteiger partial charge in [-0.05, 0) is 39.0 Å². The third-order valence-electron chi connectivity index (χ3n) is 2.42. The molecule has 1 heterocycles. The number of aryl methyl sites for hydroxylation is 1. The van der Waals surface area contributed by atoms with Crippen LogP contribution in [0.1, 0.15) is 30.0 Å². The summed E-state index contributed by atoms with van der Waals surface area (Å²) in [6, 6.07) is 5.18. The van der Waals surface area contributed by atoms with E-state index in [2.05, 4.69) is 9.97 Å². The molecule has 1 aromatic carbocycles. The predicted octanol–water partition coefficient (Wildman–Crippen LogP) is 1.82. The molecule has 0 saturated heterocycles. The summed E-state index contributed by atoms with van der Waals surface area (Å²) < 4.78 is 0. The molecule has 0 atom stereocenters. The normalized spacial score (nSPS) is 12.0. The lowest BCUT2D eigenvalue weighted by atomic mass is 9.97. The highest BCUT2D eigenvalue weighted by molar-refractivity contribution is 6.03. The van der Waals surface area contributed by atoms with Gasteiger partial charge in [0.2, 0.25) is 0 Å². The van der Waals surface area contributed by atoms with Crippen LogP contribution in [0.25, 0.3) is 11.0 Å². The molecular weight excluding hydrogens is 204 g/mol. The number of nitrogens with zero attached hydrogens (tertiary/aromatic N) is 1. The van der Waals surface area contributed by atoms with Gasteiger partial charge in [-0.2, -0.15) is 0 Å². The molecule has 0 unspecified atom stereocenters. The molecule has 2 rings (SSSR count). The Balaban J connectivity index is 2.51. The number of imidazole rings is 1. The van der Waals surface area contributed by atoms with Gasteiger partial charge in [-0.25, -0.2) is 4.98 Å². The first-order valence-corrected chi connectivity index (χ1v) is 5.11. The van der Waals surface area contributed by atoms with Crippen LogP contribution < -0.4 is 0 Å². The fourth-order valence-corrected chi connectivity index (χ4v) is 1.63. The maximum atomic E-state index is 11.8. The summed E-state index contributed by atoms with van der Waals surface area (Å²) in [5.74, 6) is 0.518. The van der Waals surface area contributed by atoms with Gasteiger partial charge in [-0.15, -0.1) is 0 Å². The van der Waals surface area contributed by atoms with E-state index < -0.39 is 5.60 Å². The molecule has 4 heteroatoms. The summed E-state index contributed by atoms with van der Waals surface area (Å²) in [6.07, 6.45) is 0. The molecule has 0 aliphatic heterocycles. The Morgan fingerprint density at radius 3 is 2.75 bits per heavy atom. The molecule has 1 aromatic heterocycles. The van der Waals surface area contributed by atoms with E-state index in [0.717, 1.165) is 16.9 Å². The number of Topliss-reactive ketones (excluding diaryl/α,β-unsaturated/α-hetero) is 1. The van der Waals surface area contributed by atoms with Gasteiger partial charge in [0.05, 0.1) is 11.0 Å². The van der Waals surface area contributed by atoms with Crippen molar-refractivity contribution in [3.8, 4) is 0 Å². The van der Waals surface area contributed by atoms with Crippen LogP contribution in [-0.4, -0.2) is 26.5 Å². The lowest BCUT2D eigenvalue weighted by Crippen LogP contribution is -2.30. The van der Waals surface area contributed by atoms with Crippen molar-refractivity contribution >= 4 is 16.8 Å². The van der Waals surface area contributed by atoms with Crippen LogP contribution in [0.15, 0.2) is 18.2 Å². The van der Waals surface area contributed by atoms with Gasteiger partial charge in [-0.1, -0.05) is 0 Å². The van der Waals surface area contributed by atoms with Crippen molar-refractivity contribution in [2.45, 2.75) is 26.4 Å². The molecular formula is C12H14N2O2. The van der Waals surface area contributed by atoms with Gasteiger partial charge in [0.1, 0.15) is 11.4 Å². The van der Waals surface area contributed by atoms with Gasteiger partial charge in [0, 0.05) is 5.56 Å². The molecule has 0 amide bonds. The van der Waals surface area contributed by atoms with Gasteiger partial charge < -0.3 is 10.1 Å². The number of ketones is 1. The van der Waals surface area contributed by atoms with Crippen LogP contribution in [0, 0.1) is 6.92 Å². The SMILES string of the molecule is Cc1nc2ccc(C(=O)C(C)(C)O)cc2[nH]1. The highest BCUT2D eigenvalue weighted by atomic mass is 16.3. The minimum Gasteiger partial charge on any atom is -0.382 e. The second-order valence-electron chi connectivity index (χ2n) is 4.44. The molecule has 0 saturated carbocycles. The number of carbonyl (C=O) groups is 1. The zero-order chi connectivity index (χ0) is 11.9. The number of H-pyrrole nitrogens is 1. The molecule has 0 aliphatic carbocycles. The zero-order valence-electron chi connectivity index (χ0n) is 9.53. The lowest BCUT2D eigenvalue weighted by molar-refractivity contribution is 0.0488. The van der Waals surface area contributed by atoms with E-state index in [4.69, 9.17) is 0 Å². The average molecular weight is 218 g/mol. The molecule has 0 spiro atoms. The first-order chi connectivity index (χ1) is 7.38. The van der Waals surface area contributed by atoms with E-state index in [0.29, 0.717) is 5.56 Å². The molecule has 2 N–H and O–H groups in total. The average Bonchev–Trinajstić information content (AvgIpc) is 2.54. The Kier molecular flexibility index (Phi) is 2.31. The maximum absolute atomic E-state index is 11.8. The van der Waals surface area contributed by atoms with E-state index in [-0.39, 0.29) is 5.78 Å². The lowest BCUT2D eigenvalue weighted by Gasteiger charge is -2.15. The predicted molar refractivity (Wildman–Crippen MR) is 61.5 cm³/mol. The number of aliphatic hydroxyl groups is 1. The van der Waals surface area contributed by atoms with Crippen molar-refractivity contribution in [1.82, 2.24) is 9.97 Å². The number of aromatic nitrogens is 2. The Morgan fingerprint density at radius 1 is 1.44 bits per heavy atom. The van der Waals surface area contributed by atoms with Gasteiger partial charge in [-0.3, -0.25) is 4.79 Å². The molecule has 2 aromatic rings. The molecule has 0 radical (unpaired) electrons. The summed E-state index contributed by atoms with van der Waals surface area (Å²) >= 11 is 0. The van der Waals surface area contributed by atoms with Crippen LogP contribution in [0.3, 0.4) is 0 Å². The quantitative estimate of drug-likeness (QED) is 0.756. The van der Waals surface area contributed by atoms with Crippen molar-refractivity contribution in [3.05, 3.63) is 29.6 Å². The summed E-state index contributed by atoms with van der Waals surface area (Å²) in [5.41, 5.74) is 0.781. The number of fused-ring (bicyclic) bond motifs is 1. The molecule has 0 aliphatic rings. The number of carbonyl (C=O) groups excluding carboxylic acids is 1. The number of aromatic amines is 1. The fraction of sp³-hybridized carbons (Fsp3) is 0.333. The fourth-order valence-electron chi connectivity index (χ4n) is 1.63. The van der Waals surface area contributed by atoms with Crippen LogP contribution in [0.5, 0.6) is 0 Å². The van der Waals surface area contributed by atoms with Crippen LogP contribution in [0.2, 0.25) is 0 Å². The smallest absolute Gasteiger partial charge is 0.193 e. The summed E-state index contributed by atoms with van der Waals surface area (Å²) in [7, 11) is 0. The Morgan fingerprint density at radius 2 is 2.12 bits per heavy atom. The number of rotatable bonds is 2. The first-order valence-electron chi connectivity index (χ1n) is 5.11. The van der Waals surface area contributed by atoms with E-state index in [1.165, 1.54) is 13.8 Å². The van der Waals surface area contributed by atoms with Crippen molar-refractivity contribution in [3.63, 3.8) is 0 Å². The molecule has 0 fully saturated rings. The number of hydrogen-bond donors (Lipinski definition) is 2. The minimum absolute atomic E-state index is 0.290. The zero-order valence-corrected chi connectivity index (χ0v) is 9.53. The van der Waals surface area contributed by atoms with E-state index in [9.17, 15) is 9.90 Å². The van der Waals surface area contributed by atoms with Crippen LogP contribution in [-0.2, 0) is 0 Å². The van der Waals surface area contributed by atoms with Crippen LogP contribution >= 0.6 is 0 Å². The van der Waals surface area contributed by atoms with E-state index >= 15 is 0 Å². The summed E-state index contributed by atoms with van der Waals surface area (Å²) in [4.78, 5) is 19.1. The van der Waals surface area contributed by atoms with Gasteiger partial charge in [0.15, 0.2) is 5.78 Å². The van der Waals surface area contributed by atoms with Gasteiger partial charge in [0.25, 0.3) is 0 Å². The van der Waals surface area contributed by atoms with Crippen LogP contribution in [0.4, 0.5) is 0 Å². The highest BCUT2D eigenvalue weighted by Gasteiger charge is 2.25. The van der Waals surface area contributed by atoms with Crippen molar-refractivity contribution in [1.29, 1.82) is 0 Å².